The van der Waals surface area contributed by atoms with Crippen LogP contribution in [-0.2, 0) is 111 Å². The van der Waals surface area contributed by atoms with Crippen molar-refractivity contribution in [2.75, 3.05) is 0 Å². The minimum Gasteiger partial charge on any atom is -2.00 e. The SMILES string of the molecule is [Au+].[Au+].[Au+].[Au+].[Cs+].[Cs+].[Cs+].[Cs+].[O-2].[O-2].[O-2].[O-2]. The van der Waals surface area contributed by atoms with Crippen LogP contribution >= 0.6 is 0 Å². The molecule has 0 unspecified atom stereocenters. The van der Waals surface area contributed by atoms with Crippen molar-refractivity contribution in [1.82, 2.24) is 0 Å². The molecule has 0 rings (SSSR count). The molecule has 72 valence electrons. The van der Waals surface area contributed by atoms with E-state index in [1.165, 1.54) is 0 Å². The van der Waals surface area contributed by atoms with Crippen LogP contribution in [0, 0.1) is 0 Å². The van der Waals surface area contributed by atoms with Crippen molar-refractivity contribution in [3.63, 3.8) is 0 Å². The van der Waals surface area contributed by atoms with Crippen LogP contribution in [0.3, 0.4) is 0 Å². The van der Waals surface area contributed by atoms with E-state index in [2.05, 4.69) is 0 Å². The Morgan fingerprint density at radius 1 is 0.250 bits per heavy atom. The molecule has 0 aliphatic carbocycles. The minimum absolute atomic E-state index is 0. The molecular weight excluding hydrogens is 1380 g/mol. The van der Waals surface area contributed by atoms with Gasteiger partial charge in [-0.15, -0.1) is 0 Å². The van der Waals surface area contributed by atoms with Gasteiger partial charge in [0.2, 0.25) is 0 Å². The zero-order chi connectivity index (χ0) is 0. The average molecular weight is 1380 g/mol. The van der Waals surface area contributed by atoms with E-state index in [0.29, 0.717) is 0 Å². The Morgan fingerprint density at radius 3 is 0.250 bits per heavy atom. The first-order chi connectivity index (χ1) is 0. The zero-order valence-corrected chi connectivity index (χ0v) is 40.6. The molecule has 12 heavy (non-hydrogen) atoms. The molecule has 0 bridgehead atoms. The molecule has 12 heteroatoms. The first-order valence-electron chi connectivity index (χ1n) is 0. The summed E-state index contributed by atoms with van der Waals surface area (Å²) in [6, 6.07) is 0. The van der Waals surface area contributed by atoms with Gasteiger partial charge in [-0.25, -0.2) is 0 Å². The van der Waals surface area contributed by atoms with Gasteiger partial charge in [0.15, 0.2) is 0 Å². The van der Waals surface area contributed by atoms with Gasteiger partial charge in [-0.1, -0.05) is 0 Å². The van der Waals surface area contributed by atoms with Crippen LogP contribution in [0.2, 0.25) is 0 Å². The van der Waals surface area contributed by atoms with Gasteiger partial charge < -0.3 is 21.9 Å². The molecule has 0 aliphatic rings. The predicted molar refractivity (Wildman–Crippen MR) is 2.75 cm³/mol. The second-order valence-electron chi connectivity index (χ2n) is 0. The topological polar surface area (TPSA) is 114 Å². The van der Waals surface area contributed by atoms with Gasteiger partial charge in [-0.2, -0.15) is 0 Å². The van der Waals surface area contributed by atoms with Gasteiger partial charge in [-0.05, 0) is 0 Å². The van der Waals surface area contributed by atoms with E-state index >= 15 is 0 Å². The number of hydrogen-bond donors (Lipinski definition) is 0. The van der Waals surface area contributed by atoms with E-state index in [1.807, 2.05) is 0 Å². The largest absolute Gasteiger partial charge is 2.00 e. The molecule has 4 nitrogen and oxygen atoms in total. The maximum atomic E-state index is 0. The predicted octanol–water partition coefficient (Wildman–Crippen LogP) is -12.5. The summed E-state index contributed by atoms with van der Waals surface area (Å²) in [5.41, 5.74) is 0. The van der Waals surface area contributed by atoms with Gasteiger partial charge in [-0.3, -0.25) is 0 Å². The number of rotatable bonds is 0. The zero-order valence-electron chi connectivity index (χ0n) is 6.84. The third kappa shape index (κ3) is 69.4. The van der Waals surface area contributed by atoms with Crippen LogP contribution in [0.25, 0.3) is 0 Å². The van der Waals surface area contributed by atoms with Gasteiger partial charge in [0.05, 0.1) is 0 Å². The van der Waals surface area contributed by atoms with E-state index in [9.17, 15) is 0 Å². The molecule has 0 aliphatic heterocycles. The van der Waals surface area contributed by atoms with E-state index < -0.39 is 0 Å². The summed E-state index contributed by atoms with van der Waals surface area (Å²) in [6.07, 6.45) is 0. The van der Waals surface area contributed by atoms with Crippen LogP contribution in [0.1, 0.15) is 0 Å². The minimum atomic E-state index is 0. The quantitative estimate of drug-likeness (QED) is 0.215. The summed E-state index contributed by atoms with van der Waals surface area (Å²) in [5.74, 6) is 0. The molecule has 0 saturated heterocycles. The Kier molecular flexibility index (Phi) is 614. The molecule has 0 aromatic carbocycles. The Balaban J connectivity index is 0. The molecular formula is Au4Cs4O4. The van der Waals surface area contributed by atoms with Crippen LogP contribution in [0.4, 0.5) is 0 Å². The molecule has 0 heterocycles. The third-order valence-electron chi connectivity index (χ3n) is 0. The summed E-state index contributed by atoms with van der Waals surface area (Å²) in [5, 5.41) is 0. The average Bonchev–Trinajstić information content (AvgIpc) is 0. The molecule has 0 fully saturated rings. The molecule has 0 atom stereocenters. The van der Waals surface area contributed by atoms with Crippen LogP contribution in [0.5, 0.6) is 0 Å². The fraction of sp³-hybridized carbons (Fsp3) is 0. The summed E-state index contributed by atoms with van der Waals surface area (Å²) in [4.78, 5) is 0. The van der Waals surface area contributed by atoms with Crippen molar-refractivity contribution < 1.29 is 387 Å². The van der Waals surface area contributed by atoms with Crippen molar-refractivity contribution in [1.29, 1.82) is 0 Å². The van der Waals surface area contributed by atoms with Crippen molar-refractivity contribution in [2.45, 2.75) is 0 Å². The van der Waals surface area contributed by atoms with E-state index in [4.69, 9.17) is 0 Å². The van der Waals surface area contributed by atoms with Crippen molar-refractivity contribution >= 4 is 0 Å². The summed E-state index contributed by atoms with van der Waals surface area (Å²) < 4.78 is 0. The Bertz CT molecular complexity index is 19.0. The summed E-state index contributed by atoms with van der Waals surface area (Å²) >= 11 is 0. The first-order valence-corrected chi connectivity index (χ1v) is 0. The maximum absolute atomic E-state index is 0. The molecule has 0 aromatic heterocycles. The molecule has 0 radical (unpaired) electrons. The van der Waals surface area contributed by atoms with Gasteiger partial charge in [0.1, 0.15) is 0 Å². The van der Waals surface area contributed by atoms with Crippen LogP contribution in [0.15, 0.2) is 0 Å². The van der Waals surface area contributed by atoms with Crippen molar-refractivity contribution in [3.05, 3.63) is 0 Å². The van der Waals surface area contributed by atoms with Crippen LogP contribution in [-0.4, -0.2) is 0 Å². The van der Waals surface area contributed by atoms with E-state index in [-0.39, 0.29) is 387 Å². The van der Waals surface area contributed by atoms with Crippen LogP contribution < -0.4 is 276 Å². The molecule has 0 N–H and O–H groups in total. The van der Waals surface area contributed by atoms with Gasteiger partial charge >= 0.3 is 365 Å². The summed E-state index contributed by atoms with van der Waals surface area (Å²) in [7, 11) is 0. The van der Waals surface area contributed by atoms with Gasteiger partial charge in [0, 0.05) is 0 Å². The second kappa shape index (κ2) is 80.2. The van der Waals surface area contributed by atoms with Gasteiger partial charge in [0.25, 0.3) is 0 Å². The third-order valence-corrected chi connectivity index (χ3v) is 0. The standard InChI is InChI=1S/4Au.4Cs.4O/q8*+1;4*-2. The summed E-state index contributed by atoms with van der Waals surface area (Å²) in [6.45, 7) is 0. The monoisotopic (exact) mass is 1380 g/mol. The molecule has 0 spiro atoms. The Morgan fingerprint density at radius 2 is 0.250 bits per heavy atom. The molecule has 0 aromatic rings. The Hall–Kier alpha value is 11.0. The second-order valence-corrected chi connectivity index (χ2v) is 0. The smallest absolute Gasteiger partial charge is 1.00 e. The van der Waals surface area contributed by atoms with Crippen molar-refractivity contribution in [3.8, 4) is 0 Å². The molecule has 0 amide bonds. The normalized spacial score (nSPS) is 0. The fourth-order valence-electron chi connectivity index (χ4n) is 0. The Labute approximate surface area is 371 Å². The van der Waals surface area contributed by atoms with Crippen molar-refractivity contribution in [2.24, 2.45) is 0 Å². The van der Waals surface area contributed by atoms with E-state index in [0.717, 1.165) is 0 Å². The first kappa shape index (κ1) is 92.0. The fourth-order valence-corrected chi connectivity index (χ4v) is 0. The maximum Gasteiger partial charge on any atom is 1.00 e. The molecule has 0 saturated carbocycles. The van der Waals surface area contributed by atoms with E-state index in [1.54, 1.807) is 0 Å². The number of hydrogen-bond acceptors (Lipinski definition) is 0.